The Kier molecular flexibility index (Phi) is 9.74. The van der Waals surface area contributed by atoms with Crippen LogP contribution >= 0.6 is 23.2 Å². The molecule has 51 heavy (non-hydrogen) atoms. The van der Waals surface area contributed by atoms with Gasteiger partial charge in [-0.15, -0.1) is 0 Å². The van der Waals surface area contributed by atoms with Gasteiger partial charge in [-0.2, -0.15) is 0 Å². The van der Waals surface area contributed by atoms with Gasteiger partial charge in [0.2, 0.25) is 0 Å². The fourth-order valence-electron chi connectivity index (χ4n) is 7.46. The van der Waals surface area contributed by atoms with Crippen molar-refractivity contribution in [2.75, 3.05) is 13.1 Å². The summed E-state index contributed by atoms with van der Waals surface area (Å²) in [5.74, 6) is 0. The summed E-state index contributed by atoms with van der Waals surface area (Å²) >= 11 is 12.7. The highest BCUT2D eigenvalue weighted by Crippen LogP contribution is 2.32. The molecular formula is C43H40Cl2N6. The van der Waals surface area contributed by atoms with Crippen LogP contribution in [0.4, 0.5) is 0 Å². The molecule has 0 aliphatic carbocycles. The van der Waals surface area contributed by atoms with Crippen LogP contribution in [0.2, 0.25) is 10.0 Å². The van der Waals surface area contributed by atoms with E-state index in [-0.39, 0.29) is 0 Å². The van der Waals surface area contributed by atoms with Crippen molar-refractivity contribution < 1.29 is 0 Å². The zero-order valence-electron chi connectivity index (χ0n) is 28.5. The molecule has 0 unspecified atom stereocenters. The molecule has 0 aliphatic rings. The second kappa shape index (κ2) is 14.9. The van der Waals surface area contributed by atoms with E-state index in [1.807, 2.05) is 48.8 Å². The topological polar surface area (TPSA) is 64.9 Å². The van der Waals surface area contributed by atoms with Crippen LogP contribution in [0.5, 0.6) is 0 Å². The van der Waals surface area contributed by atoms with Crippen molar-refractivity contribution in [1.29, 1.82) is 0 Å². The summed E-state index contributed by atoms with van der Waals surface area (Å²) in [4.78, 5) is 12.6. The number of benzene rings is 4. The standard InChI is InChI=1S/C43H40Cl2N6/c44-32-12-8-10-30(20-32)26-50-40-16-4-2-14-36(40)38-22-34(47-24-42(38)50)28-49(19-7-1-6-18-46)29-35-23-39-37-15-3-5-17-41(37)51(43(39)25-48-35)27-31-11-9-13-33(45)21-31/h2-5,8-17,20-25H,1,6-7,18-19,26-29,46H2. The number of rotatable bonds is 13. The predicted octanol–water partition coefficient (Wildman–Crippen LogP) is 10.2. The smallest absolute Gasteiger partial charge is 0.0681 e. The Morgan fingerprint density at radius 3 is 1.53 bits per heavy atom. The highest BCUT2D eigenvalue weighted by atomic mass is 35.5. The minimum Gasteiger partial charge on any atom is -0.335 e. The van der Waals surface area contributed by atoms with E-state index in [4.69, 9.17) is 38.9 Å². The summed E-state index contributed by atoms with van der Waals surface area (Å²) in [5.41, 5.74) is 14.9. The fraction of sp³-hybridized carbons (Fsp3) is 0.209. The lowest BCUT2D eigenvalue weighted by Crippen LogP contribution is -2.25. The number of fused-ring (bicyclic) bond motifs is 6. The van der Waals surface area contributed by atoms with E-state index in [0.29, 0.717) is 0 Å². The number of pyridine rings is 2. The molecule has 8 rings (SSSR count). The largest absolute Gasteiger partial charge is 0.335 e. The summed E-state index contributed by atoms with van der Waals surface area (Å²) in [6.07, 6.45) is 7.28. The van der Waals surface area contributed by atoms with Gasteiger partial charge in [-0.1, -0.05) is 90.3 Å². The first-order valence-electron chi connectivity index (χ1n) is 17.7. The second-order valence-corrected chi connectivity index (χ2v) is 14.3. The Bertz CT molecular complexity index is 2310. The molecular weight excluding hydrogens is 671 g/mol. The van der Waals surface area contributed by atoms with Gasteiger partial charge in [0.25, 0.3) is 0 Å². The van der Waals surface area contributed by atoms with Crippen LogP contribution in [0.1, 0.15) is 41.8 Å². The van der Waals surface area contributed by atoms with Crippen molar-refractivity contribution >= 4 is 66.8 Å². The van der Waals surface area contributed by atoms with Crippen LogP contribution < -0.4 is 5.73 Å². The minimum absolute atomic E-state index is 0.717. The highest BCUT2D eigenvalue weighted by Gasteiger charge is 2.17. The van der Waals surface area contributed by atoms with Gasteiger partial charge in [-0.3, -0.25) is 14.9 Å². The van der Waals surface area contributed by atoms with Gasteiger partial charge >= 0.3 is 0 Å². The lowest BCUT2D eigenvalue weighted by atomic mass is 10.1. The SMILES string of the molecule is NCCCCCN(Cc1cc2c3ccccc3n(Cc3cccc(Cl)c3)c2cn1)Cc1cc2c3ccccc3n(Cc3cccc(Cl)c3)c2cn1. The summed E-state index contributed by atoms with van der Waals surface area (Å²) in [5, 5.41) is 6.39. The highest BCUT2D eigenvalue weighted by molar-refractivity contribution is 6.31. The molecule has 0 bridgehead atoms. The van der Waals surface area contributed by atoms with E-state index >= 15 is 0 Å². The molecule has 4 aromatic carbocycles. The maximum atomic E-state index is 6.35. The van der Waals surface area contributed by atoms with Gasteiger partial charge < -0.3 is 14.9 Å². The first-order valence-corrected chi connectivity index (χ1v) is 18.4. The molecule has 0 saturated carbocycles. The molecule has 0 radical (unpaired) electrons. The van der Waals surface area contributed by atoms with E-state index in [2.05, 4.69) is 86.8 Å². The molecule has 0 spiro atoms. The van der Waals surface area contributed by atoms with E-state index in [1.54, 1.807) is 0 Å². The van der Waals surface area contributed by atoms with Crippen molar-refractivity contribution in [3.8, 4) is 0 Å². The van der Waals surface area contributed by atoms with E-state index in [9.17, 15) is 0 Å². The molecule has 2 N–H and O–H groups in total. The number of para-hydroxylation sites is 2. The lowest BCUT2D eigenvalue weighted by Gasteiger charge is -2.22. The zero-order valence-corrected chi connectivity index (χ0v) is 30.0. The number of aromatic nitrogens is 4. The predicted molar refractivity (Wildman–Crippen MR) is 213 cm³/mol. The number of nitrogens with zero attached hydrogens (tertiary/aromatic N) is 5. The van der Waals surface area contributed by atoms with Crippen LogP contribution in [-0.4, -0.2) is 37.1 Å². The third kappa shape index (κ3) is 7.10. The summed E-state index contributed by atoms with van der Waals surface area (Å²) < 4.78 is 4.69. The fourth-order valence-corrected chi connectivity index (χ4v) is 7.88. The first kappa shape index (κ1) is 33.4. The van der Waals surface area contributed by atoms with Gasteiger partial charge in [-0.05, 0) is 85.6 Å². The molecule has 4 aromatic heterocycles. The maximum absolute atomic E-state index is 6.35. The average molecular weight is 712 g/mol. The van der Waals surface area contributed by atoms with Gasteiger partial charge in [0, 0.05) is 68.8 Å². The first-order chi connectivity index (χ1) is 25.0. The number of hydrogen-bond acceptors (Lipinski definition) is 4. The molecule has 0 aliphatic heterocycles. The quantitative estimate of drug-likeness (QED) is 0.121. The Morgan fingerprint density at radius 1 is 0.529 bits per heavy atom. The third-order valence-corrected chi connectivity index (χ3v) is 10.3. The summed E-state index contributed by atoms with van der Waals surface area (Å²) in [6.45, 7) is 4.55. The normalized spacial score (nSPS) is 11.9. The number of unbranched alkanes of at least 4 members (excludes halogenated alkanes) is 2. The molecule has 8 aromatic rings. The van der Waals surface area contributed by atoms with Crippen LogP contribution in [0, 0.1) is 0 Å². The number of nitrogens with two attached hydrogens (primary N) is 1. The molecule has 4 heterocycles. The van der Waals surface area contributed by atoms with Gasteiger partial charge in [-0.25, -0.2) is 0 Å². The van der Waals surface area contributed by atoms with Gasteiger partial charge in [0.05, 0.1) is 34.8 Å². The van der Waals surface area contributed by atoms with Gasteiger partial charge in [0.1, 0.15) is 0 Å². The molecule has 0 atom stereocenters. The Hall–Kier alpha value is -4.72. The van der Waals surface area contributed by atoms with Crippen LogP contribution in [0.15, 0.2) is 122 Å². The molecule has 0 saturated heterocycles. The molecule has 8 heteroatoms. The maximum Gasteiger partial charge on any atom is 0.0681 e. The van der Waals surface area contributed by atoms with Crippen LogP contribution in [0.3, 0.4) is 0 Å². The Morgan fingerprint density at radius 2 is 1.04 bits per heavy atom. The molecule has 256 valence electrons. The van der Waals surface area contributed by atoms with E-state index < -0.39 is 0 Å². The Labute approximate surface area is 308 Å². The molecule has 0 fully saturated rings. The molecule has 0 amide bonds. The van der Waals surface area contributed by atoms with E-state index in [0.717, 1.165) is 102 Å². The lowest BCUT2D eigenvalue weighted by molar-refractivity contribution is 0.245. The second-order valence-electron chi connectivity index (χ2n) is 13.4. The van der Waals surface area contributed by atoms with Crippen molar-refractivity contribution in [3.63, 3.8) is 0 Å². The monoisotopic (exact) mass is 710 g/mol. The third-order valence-electron chi connectivity index (χ3n) is 9.84. The van der Waals surface area contributed by atoms with Crippen molar-refractivity contribution in [1.82, 2.24) is 24.0 Å². The van der Waals surface area contributed by atoms with E-state index in [1.165, 1.54) is 32.6 Å². The molecule has 6 nitrogen and oxygen atoms in total. The summed E-state index contributed by atoms with van der Waals surface area (Å²) in [6, 6.07) is 38.0. The van der Waals surface area contributed by atoms with Gasteiger partial charge in [0.15, 0.2) is 0 Å². The Balaban J connectivity index is 1.11. The average Bonchev–Trinajstić information content (AvgIpc) is 3.61. The van der Waals surface area contributed by atoms with Crippen LogP contribution in [-0.2, 0) is 26.2 Å². The van der Waals surface area contributed by atoms with Crippen molar-refractivity contribution in [3.05, 3.63) is 154 Å². The van der Waals surface area contributed by atoms with Crippen LogP contribution in [0.25, 0.3) is 43.6 Å². The number of halogens is 2. The zero-order chi connectivity index (χ0) is 34.7. The van der Waals surface area contributed by atoms with Crippen molar-refractivity contribution in [2.24, 2.45) is 5.73 Å². The number of hydrogen-bond donors (Lipinski definition) is 1. The minimum atomic E-state index is 0.717. The summed E-state index contributed by atoms with van der Waals surface area (Å²) in [7, 11) is 0. The van der Waals surface area contributed by atoms with Crippen molar-refractivity contribution in [2.45, 2.75) is 45.4 Å².